The normalized spacial score (nSPS) is 13.4. The van der Waals surface area contributed by atoms with Crippen molar-refractivity contribution >= 4 is 39.1 Å². The van der Waals surface area contributed by atoms with E-state index in [9.17, 15) is 14.4 Å². The molecule has 5 rings (SSSR count). The predicted molar refractivity (Wildman–Crippen MR) is 101 cm³/mol. The van der Waals surface area contributed by atoms with Crippen LogP contribution in [0.5, 0.6) is 0 Å². The molecular formula is C21H12N4O3. The first-order valence-electron chi connectivity index (χ1n) is 8.54. The number of imide groups is 1. The second-order valence-corrected chi connectivity index (χ2v) is 6.52. The maximum absolute atomic E-state index is 13.4. The molecule has 2 amide bonds. The lowest BCUT2D eigenvalue weighted by Gasteiger charge is -2.26. The second-order valence-electron chi connectivity index (χ2n) is 6.52. The number of hydrogen-bond acceptors (Lipinski definition) is 6. The third-order valence-corrected chi connectivity index (χ3v) is 5.05. The quantitative estimate of drug-likeness (QED) is 0.307. The summed E-state index contributed by atoms with van der Waals surface area (Å²) in [5, 5.41) is 2.53. The number of amides is 2. The van der Waals surface area contributed by atoms with Crippen LogP contribution in [0.1, 0.15) is 36.6 Å². The van der Waals surface area contributed by atoms with Crippen molar-refractivity contribution in [2.75, 3.05) is 7.05 Å². The van der Waals surface area contributed by atoms with Gasteiger partial charge >= 0.3 is 0 Å². The largest absolute Gasteiger partial charge is 0.288 e. The molecule has 0 spiro atoms. The Morgan fingerprint density at radius 2 is 1.68 bits per heavy atom. The maximum atomic E-state index is 13.4. The van der Waals surface area contributed by atoms with Gasteiger partial charge in [0, 0.05) is 53.7 Å². The van der Waals surface area contributed by atoms with Crippen molar-refractivity contribution in [1.29, 1.82) is 0 Å². The van der Waals surface area contributed by atoms with Gasteiger partial charge in [-0.1, -0.05) is 12.1 Å². The summed E-state index contributed by atoms with van der Waals surface area (Å²) >= 11 is 0. The zero-order valence-corrected chi connectivity index (χ0v) is 14.7. The van der Waals surface area contributed by atoms with Crippen LogP contribution in [-0.2, 0) is 0 Å². The molecule has 7 nitrogen and oxygen atoms in total. The average Bonchev–Trinajstić information content (AvgIpc) is 2.75. The highest BCUT2D eigenvalue weighted by molar-refractivity contribution is 6.35. The molecule has 0 unspecified atom stereocenters. The Morgan fingerprint density at radius 3 is 2.46 bits per heavy atom. The summed E-state index contributed by atoms with van der Waals surface area (Å²) in [5.74, 6) is -1.29. The molecule has 0 atom stereocenters. The van der Waals surface area contributed by atoms with Crippen molar-refractivity contribution in [1.82, 2.24) is 19.9 Å². The Hall–Kier alpha value is -4.00. The molecule has 1 aliphatic rings. The second kappa shape index (κ2) is 5.75. The van der Waals surface area contributed by atoms with Gasteiger partial charge in [-0.3, -0.25) is 24.3 Å². The van der Waals surface area contributed by atoms with Crippen molar-refractivity contribution in [3.8, 4) is 0 Å². The summed E-state index contributed by atoms with van der Waals surface area (Å²) in [4.78, 5) is 52.2. The van der Waals surface area contributed by atoms with Crippen LogP contribution in [0.2, 0.25) is 0 Å². The van der Waals surface area contributed by atoms with Crippen LogP contribution in [0.15, 0.2) is 55.4 Å². The lowest BCUT2D eigenvalue weighted by atomic mass is 9.84. The van der Waals surface area contributed by atoms with Crippen molar-refractivity contribution in [2.24, 2.45) is 0 Å². The Balaban J connectivity index is 2.02. The minimum atomic E-state index is -0.514. The molecule has 0 radical (unpaired) electrons. The third-order valence-electron chi connectivity index (χ3n) is 5.05. The average molecular weight is 368 g/mol. The van der Waals surface area contributed by atoms with Gasteiger partial charge in [0.05, 0.1) is 11.1 Å². The number of benzene rings is 2. The summed E-state index contributed by atoms with van der Waals surface area (Å²) < 4.78 is 0. The van der Waals surface area contributed by atoms with Gasteiger partial charge in [-0.15, -0.1) is 0 Å². The molecule has 134 valence electrons. The van der Waals surface area contributed by atoms with E-state index in [1.54, 1.807) is 30.6 Å². The van der Waals surface area contributed by atoms with Crippen LogP contribution >= 0.6 is 0 Å². The summed E-state index contributed by atoms with van der Waals surface area (Å²) in [5.41, 5.74) is 1.07. The Morgan fingerprint density at radius 1 is 0.893 bits per heavy atom. The number of carbonyl (C=O) groups is 3. The zero-order valence-electron chi connectivity index (χ0n) is 14.7. The van der Waals surface area contributed by atoms with Crippen LogP contribution in [0.4, 0.5) is 0 Å². The number of pyridine rings is 1. The fourth-order valence-corrected chi connectivity index (χ4v) is 3.76. The van der Waals surface area contributed by atoms with Crippen LogP contribution in [-0.4, -0.2) is 44.5 Å². The highest BCUT2D eigenvalue weighted by Crippen LogP contribution is 2.38. The summed E-state index contributed by atoms with van der Waals surface area (Å²) in [6.45, 7) is 0. The summed E-state index contributed by atoms with van der Waals surface area (Å²) in [7, 11) is 1.42. The zero-order chi connectivity index (χ0) is 19.4. The minimum absolute atomic E-state index is 0.210. The SMILES string of the molecule is CN1C(=O)c2cccc3c2c(c(C(=O)c2cncnc2)c2cnccc23)C1=O. The maximum Gasteiger partial charge on any atom is 0.261 e. The standard InChI is InChI=1S/C21H12N4O3/c1-25-20(27)14-4-2-3-13-12-5-6-22-9-15(12)17(18(16(13)14)21(25)28)19(26)11-7-23-10-24-8-11/h2-10H,1H3. The first-order chi connectivity index (χ1) is 13.6. The summed E-state index contributed by atoms with van der Waals surface area (Å²) in [6, 6.07) is 7.07. The molecule has 2 aromatic carbocycles. The fourth-order valence-electron chi connectivity index (χ4n) is 3.76. The van der Waals surface area contributed by atoms with Crippen LogP contribution in [0.3, 0.4) is 0 Å². The van der Waals surface area contributed by atoms with Crippen LogP contribution in [0, 0.1) is 0 Å². The topological polar surface area (TPSA) is 93.1 Å². The van der Waals surface area contributed by atoms with E-state index in [-0.39, 0.29) is 22.5 Å². The van der Waals surface area contributed by atoms with E-state index in [0.29, 0.717) is 16.3 Å². The Kier molecular flexibility index (Phi) is 3.33. The molecule has 0 saturated heterocycles. The van der Waals surface area contributed by atoms with Crippen molar-refractivity contribution in [3.63, 3.8) is 0 Å². The number of ketones is 1. The van der Waals surface area contributed by atoms with Gasteiger partial charge < -0.3 is 0 Å². The van der Waals surface area contributed by atoms with Gasteiger partial charge in [0.25, 0.3) is 11.8 Å². The van der Waals surface area contributed by atoms with Crippen molar-refractivity contribution in [2.45, 2.75) is 0 Å². The van der Waals surface area contributed by atoms with E-state index in [1.165, 1.54) is 25.8 Å². The fraction of sp³-hybridized carbons (Fsp3) is 0.0476. The van der Waals surface area contributed by atoms with Crippen LogP contribution in [0.25, 0.3) is 21.5 Å². The molecule has 28 heavy (non-hydrogen) atoms. The molecule has 0 bridgehead atoms. The molecule has 0 fully saturated rings. The molecule has 0 aliphatic carbocycles. The van der Waals surface area contributed by atoms with E-state index < -0.39 is 11.8 Å². The first-order valence-corrected chi connectivity index (χ1v) is 8.54. The Bertz CT molecular complexity index is 1330. The lowest BCUT2D eigenvalue weighted by molar-refractivity contribution is 0.0648. The first kappa shape index (κ1) is 16.2. The summed E-state index contributed by atoms with van der Waals surface area (Å²) in [6.07, 6.45) is 7.33. The number of rotatable bonds is 2. The van der Waals surface area contributed by atoms with Crippen LogP contribution < -0.4 is 0 Å². The highest BCUT2D eigenvalue weighted by Gasteiger charge is 2.35. The van der Waals surface area contributed by atoms with E-state index in [2.05, 4.69) is 15.0 Å². The number of nitrogens with zero attached hydrogens (tertiary/aromatic N) is 4. The van der Waals surface area contributed by atoms with Gasteiger partial charge in [-0.2, -0.15) is 0 Å². The van der Waals surface area contributed by atoms with Gasteiger partial charge in [-0.05, 0) is 22.9 Å². The Labute approximate surface area is 158 Å². The molecule has 0 N–H and O–H groups in total. The molecule has 3 heterocycles. The highest BCUT2D eigenvalue weighted by atomic mass is 16.2. The number of carbonyl (C=O) groups excluding carboxylic acids is 3. The molecule has 1 aliphatic heterocycles. The predicted octanol–water partition coefficient (Wildman–Crippen LogP) is 2.63. The lowest BCUT2D eigenvalue weighted by Crippen LogP contribution is -2.38. The van der Waals surface area contributed by atoms with E-state index in [1.807, 2.05) is 6.07 Å². The van der Waals surface area contributed by atoms with Crippen molar-refractivity contribution in [3.05, 3.63) is 77.6 Å². The van der Waals surface area contributed by atoms with Crippen molar-refractivity contribution < 1.29 is 14.4 Å². The molecule has 4 aromatic rings. The number of fused-ring (bicyclic) bond motifs is 2. The van der Waals surface area contributed by atoms with Gasteiger partial charge in [-0.25, -0.2) is 9.97 Å². The van der Waals surface area contributed by atoms with Gasteiger partial charge in [0.2, 0.25) is 0 Å². The van der Waals surface area contributed by atoms with E-state index in [0.717, 1.165) is 15.7 Å². The number of hydrogen-bond donors (Lipinski definition) is 0. The number of aromatic nitrogens is 3. The minimum Gasteiger partial charge on any atom is -0.288 e. The molecule has 2 aromatic heterocycles. The molecule has 7 heteroatoms. The molecule has 0 saturated carbocycles. The van der Waals surface area contributed by atoms with Gasteiger partial charge in [0.15, 0.2) is 5.78 Å². The van der Waals surface area contributed by atoms with E-state index in [4.69, 9.17) is 0 Å². The smallest absolute Gasteiger partial charge is 0.261 e. The van der Waals surface area contributed by atoms with Gasteiger partial charge in [0.1, 0.15) is 6.33 Å². The molecular weight excluding hydrogens is 356 g/mol. The third kappa shape index (κ3) is 2.04. The van der Waals surface area contributed by atoms with E-state index >= 15 is 0 Å². The monoisotopic (exact) mass is 368 g/mol.